The quantitative estimate of drug-likeness (QED) is 0.832. The maximum absolute atomic E-state index is 11.5. The summed E-state index contributed by atoms with van der Waals surface area (Å²) in [5, 5.41) is 2.87. The molecule has 1 aromatic heterocycles. The van der Waals surface area contributed by atoms with E-state index in [-0.39, 0.29) is 17.2 Å². The standard InChI is InChI=1S/C13H20N2O/c1-9(2)12(16)15-10-6-7-14-11(8-10)13(3,4)5/h6-9H,1-5H3,(H,14,15,16). The van der Waals surface area contributed by atoms with Gasteiger partial charge in [0.2, 0.25) is 5.91 Å². The Labute approximate surface area is 97.3 Å². The highest BCUT2D eigenvalue weighted by molar-refractivity contribution is 5.92. The summed E-state index contributed by atoms with van der Waals surface area (Å²) < 4.78 is 0. The molecule has 1 N–H and O–H groups in total. The molecule has 0 radical (unpaired) electrons. The van der Waals surface area contributed by atoms with Crippen LogP contribution in [0.25, 0.3) is 0 Å². The third-order valence-corrected chi connectivity index (χ3v) is 2.32. The normalized spacial score (nSPS) is 11.6. The van der Waals surface area contributed by atoms with Gasteiger partial charge in [-0.15, -0.1) is 0 Å². The maximum atomic E-state index is 11.5. The zero-order valence-electron chi connectivity index (χ0n) is 10.7. The molecule has 3 heteroatoms. The summed E-state index contributed by atoms with van der Waals surface area (Å²) in [5.41, 5.74) is 1.80. The monoisotopic (exact) mass is 220 g/mol. The van der Waals surface area contributed by atoms with Crippen LogP contribution in [0.5, 0.6) is 0 Å². The van der Waals surface area contributed by atoms with Crippen molar-refractivity contribution in [1.82, 2.24) is 4.98 Å². The Morgan fingerprint density at radius 1 is 1.38 bits per heavy atom. The lowest BCUT2D eigenvalue weighted by atomic mass is 9.91. The average molecular weight is 220 g/mol. The summed E-state index contributed by atoms with van der Waals surface area (Å²) in [7, 11) is 0. The van der Waals surface area contributed by atoms with Crippen LogP contribution in [0.3, 0.4) is 0 Å². The Balaban J connectivity index is 2.88. The molecule has 0 fully saturated rings. The molecule has 0 aliphatic carbocycles. The Morgan fingerprint density at radius 3 is 2.50 bits per heavy atom. The van der Waals surface area contributed by atoms with Crippen molar-refractivity contribution < 1.29 is 4.79 Å². The van der Waals surface area contributed by atoms with Crippen LogP contribution in [-0.2, 0) is 10.2 Å². The Morgan fingerprint density at radius 2 is 2.00 bits per heavy atom. The van der Waals surface area contributed by atoms with Gasteiger partial charge in [0.05, 0.1) is 0 Å². The van der Waals surface area contributed by atoms with Gasteiger partial charge in [-0.25, -0.2) is 0 Å². The predicted octanol–water partition coefficient (Wildman–Crippen LogP) is 2.97. The molecule has 0 unspecified atom stereocenters. The molecular weight excluding hydrogens is 200 g/mol. The first kappa shape index (κ1) is 12.7. The molecule has 0 saturated carbocycles. The number of anilines is 1. The first-order chi connectivity index (χ1) is 7.30. The van der Waals surface area contributed by atoms with Crippen LogP contribution in [0.15, 0.2) is 18.3 Å². The molecule has 0 aliphatic heterocycles. The van der Waals surface area contributed by atoms with Gasteiger partial charge in [-0.2, -0.15) is 0 Å². The molecule has 1 amide bonds. The largest absolute Gasteiger partial charge is 0.326 e. The Hall–Kier alpha value is -1.38. The molecule has 16 heavy (non-hydrogen) atoms. The summed E-state index contributed by atoms with van der Waals surface area (Å²) in [4.78, 5) is 15.9. The maximum Gasteiger partial charge on any atom is 0.226 e. The van der Waals surface area contributed by atoms with Gasteiger partial charge in [0.1, 0.15) is 0 Å². The fraction of sp³-hybridized carbons (Fsp3) is 0.538. The number of pyridine rings is 1. The van der Waals surface area contributed by atoms with E-state index >= 15 is 0 Å². The van der Waals surface area contributed by atoms with Crippen LogP contribution in [0, 0.1) is 5.92 Å². The predicted molar refractivity (Wildman–Crippen MR) is 66.4 cm³/mol. The van der Waals surface area contributed by atoms with Gasteiger partial charge in [-0.3, -0.25) is 9.78 Å². The molecule has 3 nitrogen and oxygen atoms in total. The van der Waals surface area contributed by atoms with Crippen molar-refractivity contribution >= 4 is 11.6 Å². The molecule has 88 valence electrons. The summed E-state index contributed by atoms with van der Waals surface area (Å²) >= 11 is 0. The lowest BCUT2D eigenvalue weighted by Crippen LogP contribution is -2.19. The number of carbonyl (C=O) groups excluding carboxylic acids is 1. The molecule has 1 rings (SSSR count). The minimum atomic E-state index is -0.00810. The van der Waals surface area contributed by atoms with E-state index in [0.717, 1.165) is 11.4 Å². The molecular formula is C13H20N2O. The zero-order chi connectivity index (χ0) is 12.3. The van der Waals surface area contributed by atoms with E-state index in [2.05, 4.69) is 31.1 Å². The Kier molecular flexibility index (Phi) is 3.68. The fourth-order valence-corrected chi connectivity index (χ4v) is 1.21. The highest BCUT2D eigenvalue weighted by atomic mass is 16.1. The first-order valence-electron chi connectivity index (χ1n) is 5.58. The van der Waals surface area contributed by atoms with Crippen molar-refractivity contribution in [3.63, 3.8) is 0 Å². The second kappa shape index (κ2) is 4.64. The summed E-state index contributed by atoms with van der Waals surface area (Å²) in [6.45, 7) is 10.1. The van der Waals surface area contributed by atoms with Crippen molar-refractivity contribution in [3.05, 3.63) is 24.0 Å². The van der Waals surface area contributed by atoms with Gasteiger partial charge in [0, 0.05) is 28.9 Å². The van der Waals surface area contributed by atoms with Crippen LogP contribution in [-0.4, -0.2) is 10.9 Å². The van der Waals surface area contributed by atoms with Crippen LogP contribution in [0.4, 0.5) is 5.69 Å². The van der Waals surface area contributed by atoms with E-state index in [1.807, 2.05) is 26.0 Å². The highest BCUT2D eigenvalue weighted by Gasteiger charge is 2.16. The van der Waals surface area contributed by atoms with E-state index in [4.69, 9.17) is 0 Å². The number of amides is 1. The number of rotatable bonds is 2. The fourth-order valence-electron chi connectivity index (χ4n) is 1.21. The topological polar surface area (TPSA) is 42.0 Å². The second-order valence-corrected chi connectivity index (χ2v) is 5.32. The van der Waals surface area contributed by atoms with Gasteiger partial charge in [0.25, 0.3) is 0 Å². The third kappa shape index (κ3) is 3.33. The first-order valence-corrected chi connectivity index (χ1v) is 5.58. The summed E-state index contributed by atoms with van der Waals surface area (Å²) in [6.07, 6.45) is 1.73. The number of carbonyl (C=O) groups is 1. The van der Waals surface area contributed by atoms with Crippen LogP contribution >= 0.6 is 0 Å². The smallest absolute Gasteiger partial charge is 0.226 e. The van der Waals surface area contributed by atoms with Crippen LogP contribution < -0.4 is 5.32 Å². The van der Waals surface area contributed by atoms with Gasteiger partial charge < -0.3 is 5.32 Å². The molecule has 0 aromatic carbocycles. The number of nitrogens with zero attached hydrogens (tertiary/aromatic N) is 1. The Bertz CT molecular complexity index is 378. The molecule has 0 atom stereocenters. The third-order valence-electron chi connectivity index (χ3n) is 2.32. The zero-order valence-corrected chi connectivity index (χ0v) is 10.7. The number of aromatic nitrogens is 1. The lowest BCUT2D eigenvalue weighted by Gasteiger charge is -2.18. The molecule has 0 spiro atoms. The SMILES string of the molecule is CC(C)C(=O)Nc1ccnc(C(C)(C)C)c1. The van der Waals surface area contributed by atoms with E-state index in [0.29, 0.717) is 0 Å². The van der Waals surface area contributed by atoms with E-state index in [9.17, 15) is 4.79 Å². The van der Waals surface area contributed by atoms with Gasteiger partial charge in [0.15, 0.2) is 0 Å². The summed E-state index contributed by atoms with van der Waals surface area (Å²) in [6, 6.07) is 3.75. The number of hydrogen-bond acceptors (Lipinski definition) is 2. The molecule has 0 aliphatic rings. The van der Waals surface area contributed by atoms with Gasteiger partial charge >= 0.3 is 0 Å². The van der Waals surface area contributed by atoms with Crippen molar-refractivity contribution in [1.29, 1.82) is 0 Å². The van der Waals surface area contributed by atoms with Crippen molar-refractivity contribution in [2.24, 2.45) is 5.92 Å². The van der Waals surface area contributed by atoms with Crippen molar-refractivity contribution in [3.8, 4) is 0 Å². The number of nitrogens with one attached hydrogen (secondary N) is 1. The second-order valence-electron chi connectivity index (χ2n) is 5.32. The van der Waals surface area contributed by atoms with E-state index in [1.54, 1.807) is 6.20 Å². The van der Waals surface area contributed by atoms with Gasteiger partial charge in [-0.05, 0) is 12.1 Å². The van der Waals surface area contributed by atoms with E-state index in [1.165, 1.54) is 0 Å². The van der Waals surface area contributed by atoms with Gasteiger partial charge in [-0.1, -0.05) is 34.6 Å². The lowest BCUT2D eigenvalue weighted by molar-refractivity contribution is -0.118. The average Bonchev–Trinajstić information content (AvgIpc) is 2.16. The highest BCUT2D eigenvalue weighted by Crippen LogP contribution is 2.22. The van der Waals surface area contributed by atoms with Crippen molar-refractivity contribution in [2.75, 3.05) is 5.32 Å². The molecule has 0 bridgehead atoms. The minimum Gasteiger partial charge on any atom is -0.326 e. The molecule has 1 heterocycles. The molecule has 0 saturated heterocycles. The van der Waals surface area contributed by atoms with Crippen LogP contribution in [0.2, 0.25) is 0 Å². The van der Waals surface area contributed by atoms with E-state index < -0.39 is 0 Å². The van der Waals surface area contributed by atoms with Crippen LogP contribution in [0.1, 0.15) is 40.3 Å². The van der Waals surface area contributed by atoms with Crippen molar-refractivity contribution in [2.45, 2.75) is 40.0 Å². The minimum absolute atomic E-state index is 0.00142. The summed E-state index contributed by atoms with van der Waals surface area (Å²) in [5.74, 6) is 0.0253. The molecule has 1 aromatic rings. The number of hydrogen-bond donors (Lipinski definition) is 1.